The fourth-order valence-corrected chi connectivity index (χ4v) is 3.25. The van der Waals surface area contributed by atoms with Gasteiger partial charge in [-0.1, -0.05) is 49.6 Å². The molecule has 1 aromatic heterocycles. The van der Waals surface area contributed by atoms with Gasteiger partial charge in [-0.2, -0.15) is 10.2 Å². The summed E-state index contributed by atoms with van der Waals surface area (Å²) in [5, 5.41) is 19.5. The highest BCUT2D eigenvalue weighted by Crippen LogP contribution is 2.19. The van der Waals surface area contributed by atoms with E-state index in [1.165, 1.54) is 4.68 Å². The van der Waals surface area contributed by atoms with Gasteiger partial charge in [-0.3, -0.25) is 9.59 Å². The number of aryl methyl sites for hydroxylation is 2. The average molecular weight is 406 g/mol. The van der Waals surface area contributed by atoms with Crippen LogP contribution in [-0.4, -0.2) is 26.5 Å². The molecule has 0 radical (unpaired) electrons. The van der Waals surface area contributed by atoms with E-state index in [1.807, 2.05) is 6.92 Å². The standard InChI is InChI=1S/C23H26N4O3/c1-4-5-8-13-27-23(30)18-10-7-6-9-17(18)21(26-27)22(29)25-24-16(3)19-14-15(2)11-12-20(19)28/h6-7,9-12,14,28H,4-5,8,13H2,1-3H3,(H,25,29)/b24-16+. The summed E-state index contributed by atoms with van der Waals surface area (Å²) in [4.78, 5) is 25.6. The Morgan fingerprint density at radius 2 is 1.90 bits per heavy atom. The number of unbranched alkanes of at least 4 members (excludes halogenated alkanes) is 2. The number of rotatable bonds is 7. The third-order valence-electron chi connectivity index (χ3n) is 4.92. The van der Waals surface area contributed by atoms with E-state index in [0.717, 1.165) is 24.8 Å². The lowest BCUT2D eigenvalue weighted by Gasteiger charge is -2.10. The molecule has 0 saturated carbocycles. The van der Waals surface area contributed by atoms with Crippen LogP contribution in [0.15, 0.2) is 52.4 Å². The lowest BCUT2D eigenvalue weighted by molar-refractivity contribution is 0.0949. The predicted molar refractivity (Wildman–Crippen MR) is 118 cm³/mol. The van der Waals surface area contributed by atoms with Crippen molar-refractivity contribution in [1.82, 2.24) is 15.2 Å². The number of aromatic hydroxyl groups is 1. The number of hydrogen-bond acceptors (Lipinski definition) is 5. The molecule has 30 heavy (non-hydrogen) atoms. The summed E-state index contributed by atoms with van der Waals surface area (Å²) in [6, 6.07) is 12.1. The van der Waals surface area contributed by atoms with Crippen molar-refractivity contribution in [3.8, 4) is 5.75 Å². The molecule has 156 valence electrons. The number of hydrogen-bond donors (Lipinski definition) is 2. The number of benzene rings is 2. The summed E-state index contributed by atoms with van der Waals surface area (Å²) < 4.78 is 1.36. The number of fused-ring (bicyclic) bond motifs is 1. The highest BCUT2D eigenvalue weighted by molar-refractivity contribution is 6.06. The third-order valence-corrected chi connectivity index (χ3v) is 4.92. The predicted octanol–water partition coefficient (Wildman–Crippen LogP) is 3.75. The second-order valence-corrected chi connectivity index (χ2v) is 7.29. The quantitative estimate of drug-likeness (QED) is 0.355. The summed E-state index contributed by atoms with van der Waals surface area (Å²) in [6.07, 6.45) is 2.81. The van der Waals surface area contributed by atoms with Crippen molar-refractivity contribution >= 4 is 22.4 Å². The number of carbonyl (C=O) groups is 1. The van der Waals surface area contributed by atoms with E-state index in [-0.39, 0.29) is 17.0 Å². The number of phenols is 1. The van der Waals surface area contributed by atoms with Crippen molar-refractivity contribution in [3.63, 3.8) is 0 Å². The fourth-order valence-electron chi connectivity index (χ4n) is 3.25. The molecule has 7 heteroatoms. The van der Waals surface area contributed by atoms with Crippen LogP contribution in [0, 0.1) is 6.92 Å². The maximum atomic E-state index is 12.9. The van der Waals surface area contributed by atoms with Crippen LogP contribution in [0.5, 0.6) is 5.75 Å². The lowest BCUT2D eigenvalue weighted by Crippen LogP contribution is -2.29. The van der Waals surface area contributed by atoms with E-state index in [4.69, 9.17) is 0 Å². The van der Waals surface area contributed by atoms with Crippen LogP contribution in [0.1, 0.15) is 54.7 Å². The van der Waals surface area contributed by atoms with E-state index in [2.05, 4.69) is 22.5 Å². The van der Waals surface area contributed by atoms with Gasteiger partial charge in [0.25, 0.3) is 11.5 Å². The molecular weight excluding hydrogens is 380 g/mol. The van der Waals surface area contributed by atoms with Crippen LogP contribution in [0.25, 0.3) is 10.8 Å². The topological polar surface area (TPSA) is 96.6 Å². The Balaban J connectivity index is 1.95. The molecule has 0 fully saturated rings. The van der Waals surface area contributed by atoms with Gasteiger partial charge >= 0.3 is 0 Å². The van der Waals surface area contributed by atoms with E-state index >= 15 is 0 Å². The smallest absolute Gasteiger partial charge is 0.292 e. The van der Waals surface area contributed by atoms with Gasteiger partial charge in [-0.15, -0.1) is 0 Å². The van der Waals surface area contributed by atoms with Gasteiger partial charge in [0.05, 0.1) is 11.1 Å². The SMILES string of the molecule is CCCCCn1nc(C(=O)N/N=C(\C)c2cc(C)ccc2O)c2ccccc2c1=O. The minimum atomic E-state index is -0.512. The van der Waals surface area contributed by atoms with E-state index in [9.17, 15) is 14.7 Å². The fraction of sp³-hybridized carbons (Fsp3) is 0.304. The molecule has 0 spiro atoms. The Labute approximate surface area is 175 Å². The molecule has 2 aromatic carbocycles. The number of aromatic nitrogens is 2. The molecule has 3 rings (SSSR count). The maximum Gasteiger partial charge on any atom is 0.292 e. The molecule has 1 heterocycles. The first-order valence-corrected chi connectivity index (χ1v) is 10.1. The van der Waals surface area contributed by atoms with Crippen molar-refractivity contribution in [1.29, 1.82) is 0 Å². The minimum Gasteiger partial charge on any atom is -0.507 e. The van der Waals surface area contributed by atoms with Gasteiger partial charge in [-0.05, 0) is 38.5 Å². The lowest BCUT2D eigenvalue weighted by atomic mass is 10.1. The number of nitrogens with zero attached hydrogens (tertiary/aromatic N) is 3. The molecule has 0 bridgehead atoms. The first-order valence-electron chi connectivity index (χ1n) is 10.1. The number of nitrogens with one attached hydrogen (secondary N) is 1. The molecule has 0 unspecified atom stereocenters. The second kappa shape index (κ2) is 9.35. The first kappa shape index (κ1) is 21.2. The molecular formula is C23H26N4O3. The summed E-state index contributed by atoms with van der Waals surface area (Å²) in [6.45, 7) is 6.15. The number of hydrazone groups is 1. The van der Waals surface area contributed by atoms with Gasteiger partial charge < -0.3 is 5.11 Å². The van der Waals surface area contributed by atoms with E-state index in [1.54, 1.807) is 49.4 Å². The maximum absolute atomic E-state index is 12.9. The van der Waals surface area contributed by atoms with Gasteiger partial charge in [-0.25, -0.2) is 10.1 Å². The van der Waals surface area contributed by atoms with Gasteiger partial charge in [0.2, 0.25) is 0 Å². The summed E-state index contributed by atoms with van der Waals surface area (Å²) in [7, 11) is 0. The first-order chi connectivity index (χ1) is 14.4. The van der Waals surface area contributed by atoms with Gasteiger partial charge in [0, 0.05) is 17.5 Å². The van der Waals surface area contributed by atoms with Crippen molar-refractivity contribution in [2.24, 2.45) is 5.10 Å². The van der Waals surface area contributed by atoms with Crippen LogP contribution in [-0.2, 0) is 6.54 Å². The largest absolute Gasteiger partial charge is 0.507 e. The Hall–Kier alpha value is -3.48. The van der Waals surface area contributed by atoms with Gasteiger partial charge in [0.1, 0.15) is 5.75 Å². The summed E-state index contributed by atoms with van der Waals surface area (Å²) >= 11 is 0. The highest BCUT2D eigenvalue weighted by atomic mass is 16.3. The zero-order chi connectivity index (χ0) is 21.7. The minimum absolute atomic E-state index is 0.0872. The molecule has 0 aliphatic carbocycles. The number of carbonyl (C=O) groups excluding carboxylic acids is 1. The Morgan fingerprint density at radius 1 is 1.17 bits per heavy atom. The Kier molecular flexibility index (Phi) is 6.61. The highest BCUT2D eigenvalue weighted by Gasteiger charge is 2.16. The molecule has 0 saturated heterocycles. The van der Waals surface area contributed by atoms with E-state index < -0.39 is 5.91 Å². The zero-order valence-electron chi connectivity index (χ0n) is 17.5. The molecule has 3 aromatic rings. The van der Waals surface area contributed by atoms with Gasteiger partial charge in [0.15, 0.2) is 5.69 Å². The second-order valence-electron chi connectivity index (χ2n) is 7.29. The van der Waals surface area contributed by atoms with Crippen molar-refractivity contribution in [2.75, 3.05) is 0 Å². The van der Waals surface area contributed by atoms with Crippen LogP contribution in [0.3, 0.4) is 0 Å². The molecule has 2 N–H and O–H groups in total. The van der Waals surface area contributed by atoms with E-state index in [0.29, 0.717) is 28.6 Å². The molecule has 1 amide bonds. The monoisotopic (exact) mass is 406 g/mol. The normalized spacial score (nSPS) is 11.6. The third kappa shape index (κ3) is 4.56. The summed E-state index contributed by atoms with van der Waals surface area (Å²) in [5.74, 6) is -0.425. The molecule has 0 atom stereocenters. The number of amides is 1. The van der Waals surface area contributed by atoms with Crippen LogP contribution >= 0.6 is 0 Å². The summed E-state index contributed by atoms with van der Waals surface area (Å²) in [5.41, 5.74) is 4.42. The molecule has 0 aliphatic heterocycles. The van der Waals surface area contributed by atoms with Crippen molar-refractivity contribution in [3.05, 3.63) is 69.6 Å². The van der Waals surface area contributed by atoms with Crippen LogP contribution in [0.4, 0.5) is 0 Å². The number of phenolic OH excluding ortho intramolecular Hbond substituents is 1. The molecule has 7 nitrogen and oxygen atoms in total. The Bertz CT molecular complexity index is 1160. The van der Waals surface area contributed by atoms with Crippen LogP contribution in [0.2, 0.25) is 0 Å². The Morgan fingerprint density at radius 3 is 2.63 bits per heavy atom. The average Bonchev–Trinajstić information content (AvgIpc) is 2.75. The van der Waals surface area contributed by atoms with Crippen molar-refractivity contribution in [2.45, 2.75) is 46.6 Å². The molecule has 0 aliphatic rings. The zero-order valence-corrected chi connectivity index (χ0v) is 17.5. The van der Waals surface area contributed by atoms with Crippen LogP contribution < -0.4 is 11.0 Å². The van der Waals surface area contributed by atoms with Crippen molar-refractivity contribution < 1.29 is 9.90 Å².